The predicted octanol–water partition coefficient (Wildman–Crippen LogP) is 3.17. The molecule has 3 atom stereocenters. The van der Waals surface area contributed by atoms with E-state index in [0.717, 1.165) is 16.4 Å². The van der Waals surface area contributed by atoms with E-state index in [1.54, 1.807) is 32.0 Å². The number of aliphatic hydroxyl groups excluding tert-OH is 1. The molecule has 0 bridgehead atoms. The lowest BCUT2D eigenvalue weighted by atomic mass is 9.99. The Morgan fingerprint density at radius 1 is 1.02 bits per heavy atom. The normalized spacial score (nSPS) is 18.7. The van der Waals surface area contributed by atoms with Gasteiger partial charge in [0.15, 0.2) is 5.75 Å². The van der Waals surface area contributed by atoms with Crippen molar-refractivity contribution in [1.29, 1.82) is 0 Å². The minimum absolute atomic E-state index is 0.000320. The average Bonchev–Trinajstić information content (AvgIpc) is 2.95. The van der Waals surface area contributed by atoms with Crippen molar-refractivity contribution in [2.75, 3.05) is 31.5 Å². The third-order valence-electron chi connectivity index (χ3n) is 6.95. The Hall–Kier alpha value is -3.52. The first kappa shape index (κ1) is 30.4. The van der Waals surface area contributed by atoms with Gasteiger partial charge in [-0.15, -0.1) is 0 Å². The number of likely N-dealkylation sites (N-methyl/N-ethyl adjacent to an activating group) is 1. The SMILES string of the molecule is C[C@@H]1CN([C@@H](C)CO)C(=O)c2cccc(NS(=O)(=O)c3ccccc3)c2O[C@H]1CN(C)S(=O)(=O)c1ccc(F)cc1. The first-order chi connectivity index (χ1) is 19.3. The van der Waals surface area contributed by atoms with Crippen molar-refractivity contribution in [3.8, 4) is 5.75 Å². The molecule has 10 nitrogen and oxygen atoms in total. The van der Waals surface area contributed by atoms with Crippen molar-refractivity contribution in [1.82, 2.24) is 9.21 Å². The van der Waals surface area contributed by atoms with Crippen molar-refractivity contribution in [3.05, 3.63) is 84.2 Å². The minimum Gasteiger partial charge on any atom is -0.486 e. The molecule has 0 unspecified atom stereocenters. The van der Waals surface area contributed by atoms with Crippen LogP contribution < -0.4 is 9.46 Å². The highest BCUT2D eigenvalue weighted by molar-refractivity contribution is 7.92. The Labute approximate surface area is 239 Å². The zero-order chi connectivity index (χ0) is 29.9. The summed E-state index contributed by atoms with van der Waals surface area (Å²) in [6.45, 7) is 3.09. The lowest BCUT2D eigenvalue weighted by molar-refractivity contribution is 0.0389. The van der Waals surface area contributed by atoms with Gasteiger partial charge in [0.05, 0.1) is 40.2 Å². The Balaban J connectivity index is 1.76. The highest BCUT2D eigenvalue weighted by Gasteiger charge is 2.36. The molecule has 3 aromatic rings. The number of aliphatic hydroxyl groups is 1. The van der Waals surface area contributed by atoms with Crippen molar-refractivity contribution >= 4 is 31.6 Å². The number of sulfonamides is 2. The van der Waals surface area contributed by atoms with E-state index in [1.807, 2.05) is 0 Å². The molecular formula is C28H32FN3O7S2. The zero-order valence-corrected chi connectivity index (χ0v) is 24.4. The van der Waals surface area contributed by atoms with Crippen molar-refractivity contribution < 1.29 is 35.9 Å². The van der Waals surface area contributed by atoms with Gasteiger partial charge in [-0.2, -0.15) is 4.31 Å². The van der Waals surface area contributed by atoms with Gasteiger partial charge < -0.3 is 14.7 Å². The van der Waals surface area contributed by atoms with E-state index in [1.165, 1.54) is 54.4 Å². The summed E-state index contributed by atoms with van der Waals surface area (Å²) in [5.41, 5.74) is 0.0546. The van der Waals surface area contributed by atoms with Crippen LogP contribution in [0.3, 0.4) is 0 Å². The van der Waals surface area contributed by atoms with Crippen LogP contribution in [0, 0.1) is 11.7 Å². The number of para-hydroxylation sites is 1. The van der Waals surface area contributed by atoms with E-state index in [0.29, 0.717) is 0 Å². The van der Waals surface area contributed by atoms with Crippen molar-refractivity contribution in [3.63, 3.8) is 0 Å². The topological polar surface area (TPSA) is 133 Å². The molecule has 0 aromatic heterocycles. The Bertz CT molecular complexity index is 1600. The van der Waals surface area contributed by atoms with Gasteiger partial charge in [-0.05, 0) is 55.5 Å². The summed E-state index contributed by atoms with van der Waals surface area (Å²) >= 11 is 0. The molecule has 1 aliphatic heterocycles. The molecule has 0 radical (unpaired) electrons. The summed E-state index contributed by atoms with van der Waals surface area (Å²) in [7, 11) is -6.75. The fourth-order valence-electron chi connectivity index (χ4n) is 4.48. The summed E-state index contributed by atoms with van der Waals surface area (Å²) in [4.78, 5) is 15.0. The molecule has 4 rings (SSSR count). The quantitative estimate of drug-likeness (QED) is 0.383. The summed E-state index contributed by atoms with van der Waals surface area (Å²) in [6, 6.07) is 16.0. The van der Waals surface area contributed by atoms with Gasteiger partial charge in [0, 0.05) is 19.5 Å². The highest BCUT2D eigenvalue weighted by Crippen LogP contribution is 2.36. The Kier molecular flexibility index (Phi) is 9.02. The molecule has 220 valence electrons. The molecular weight excluding hydrogens is 573 g/mol. The number of carbonyl (C=O) groups is 1. The standard InChI is InChI=1S/C28H32FN3O7S2/c1-19-16-32(20(2)18-33)28(34)24-10-7-11-25(30-40(35,36)22-8-5-4-6-9-22)27(24)39-26(19)17-31(3)41(37,38)23-14-12-21(29)13-15-23/h4-15,19-20,26,30,33H,16-18H2,1-3H3/t19-,20+,26+/m1/s1. The first-order valence-corrected chi connectivity index (χ1v) is 15.8. The summed E-state index contributed by atoms with van der Waals surface area (Å²) < 4.78 is 76.2. The lowest BCUT2D eigenvalue weighted by Crippen LogP contribution is -2.50. The van der Waals surface area contributed by atoms with Crippen LogP contribution in [0.25, 0.3) is 0 Å². The second-order valence-corrected chi connectivity index (χ2v) is 13.7. The highest BCUT2D eigenvalue weighted by atomic mass is 32.2. The summed E-state index contributed by atoms with van der Waals surface area (Å²) in [5.74, 6) is -1.56. The predicted molar refractivity (Wildman–Crippen MR) is 151 cm³/mol. The molecule has 13 heteroatoms. The maximum absolute atomic E-state index is 13.6. The number of ether oxygens (including phenoxy) is 1. The van der Waals surface area contributed by atoms with Crippen LogP contribution in [0.4, 0.5) is 10.1 Å². The third-order valence-corrected chi connectivity index (χ3v) is 10.2. The summed E-state index contributed by atoms with van der Waals surface area (Å²) in [6.07, 6.45) is -0.849. The number of carbonyl (C=O) groups excluding carboxylic acids is 1. The van der Waals surface area contributed by atoms with Crippen LogP contribution >= 0.6 is 0 Å². The molecule has 2 N–H and O–H groups in total. The first-order valence-electron chi connectivity index (χ1n) is 12.9. The third kappa shape index (κ3) is 6.53. The van der Waals surface area contributed by atoms with Gasteiger partial charge >= 0.3 is 0 Å². The maximum atomic E-state index is 13.6. The molecule has 1 heterocycles. The van der Waals surface area contributed by atoms with Gasteiger partial charge in [-0.25, -0.2) is 21.2 Å². The van der Waals surface area contributed by atoms with Crippen LogP contribution in [0.15, 0.2) is 82.6 Å². The fourth-order valence-corrected chi connectivity index (χ4v) is 6.75. The van der Waals surface area contributed by atoms with Crippen molar-refractivity contribution in [2.24, 2.45) is 5.92 Å². The molecule has 0 saturated heterocycles. The molecule has 0 spiro atoms. The maximum Gasteiger partial charge on any atom is 0.262 e. The number of amides is 1. The van der Waals surface area contributed by atoms with Crippen LogP contribution in [0.1, 0.15) is 24.2 Å². The Morgan fingerprint density at radius 3 is 2.32 bits per heavy atom. The van der Waals surface area contributed by atoms with Gasteiger partial charge in [-0.3, -0.25) is 9.52 Å². The molecule has 0 fully saturated rings. The molecule has 0 aliphatic carbocycles. The van der Waals surface area contributed by atoms with Crippen LogP contribution in [0.5, 0.6) is 5.75 Å². The minimum atomic E-state index is -4.07. The largest absolute Gasteiger partial charge is 0.486 e. The number of nitrogens with one attached hydrogen (secondary N) is 1. The smallest absolute Gasteiger partial charge is 0.262 e. The fraction of sp³-hybridized carbons (Fsp3) is 0.321. The molecule has 1 amide bonds. The monoisotopic (exact) mass is 605 g/mol. The van der Waals surface area contributed by atoms with E-state index in [9.17, 15) is 31.1 Å². The Morgan fingerprint density at radius 2 is 1.68 bits per heavy atom. The van der Waals surface area contributed by atoms with Crippen molar-refractivity contribution in [2.45, 2.75) is 35.8 Å². The van der Waals surface area contributed by atoms with Crippen LogP contribution in [-0.4, -0.2) is 75.9 Å². The molecule has 0 saturated carbocycles. The second-order valence-electron chi connectivity index (χ2n) is 9.96. The average molecular weight is 606 g/mol. The van der Waals surface area contributed by atoms with Crippen LogP contribution in [-0.2, 0) is 20.0 Å². The molecule has 3 aromatic carbocycles. The number of nitrogens with zero attached hydrogens (tertiary/aromatic N) is 2. The number of rotatable bonds is 9. The molecule has 1 aliphatic rings. The number of hydrogen-bond donors (Lipinski definition) is 2. The van der Waals surface area contributed by atoms with E-state index in [4.69, 9.17) is 4.74 Å². The lowest BCUT2D eigenvalue weighted by Gasteiger charge is -2.38. The van der Waals surface area contributed by atoms with Gasteiger partial charge in [-0.1, -0.05) is 31.2 Å². The van der Waals surface area contributed by atoms with Gasteiger partial charge in [0.2, 0.25) is 10.0 Å². The number of hydrogen-bond acceptors (Lipinski definition) is 7. The van der Waals surface area contributed by atoms with E-state index < -0.39 is 49.8 Å². The number of halogens is 1. The summed E-state index contributed by atoms with van der Waals surface area (Å²) in [5, 5.41) is 9.87. The zero-order valence-electron chi connectivity index (χ0n) is 22.8. The van der Waals surface area contributed by atoms with Crippen LogP contribution in [0.2, 0.25) is 0 Å². The van der Waals surface area contributed by atoms with E-state index >= 15 is 0 Å². The van der Waals surface area contributed by atoms with Gasteiger partial charge in [0.25, 0.3) is 15.9 Å². The molecule has 41 heavy (non-hydrogen) atoms. The van der Waals surface area contributed by atoms with E-state index in [-0.39, 0.29) is 46.5 Å². The van der Waals surface area contributed by atoms with Gasteiger partial charge in [0.1, 0.15) is 11.9 Å². The number of fused-ring (bicyclic) bond motifs is 1. The number of anilines is 1. The van der Waals surface area contributed by atoms with E-state index in [2.05, 4.69) is 4.72 Å². The number of benzene rings is 3. The second kappa shape index (κ2) is 12.1.